The molecule has 0 amide bonds. The molecule has 19 heavy (non-hydrogen) atoms. The molecule has 4 atom stereocenters. The summed E-state index contributed by atoms with van der Waals surface area (Å²) >= 11 is 0. The molecule has 1 heterocycles. The summed E-state index contributed by atoms with van der Waals surface area (Å²) < 4.78 is 0. The van der Waals surface area contributed by atoms with E-state index in [0.29, 0.717) is 12.0 Å². The van der Waals surface area contributed by atoms with Crippen molar-refractivity contribution < 1.29 is 0 Å². The summed E-state index contributed by atoms with van der Waals surface area (Å²) in [7, 11) is 0. The Morgan fingerprint density at radius 2 is 2.11 bits per heavy atom. The molecule has 3 fully saturated rings. The summed E-state index contributed by atoms with van der Waals surface area (Å²) in [5.41, 5.74) is 0. The molecule has 3 aliphatic rings. The second-order valence-corrected chi connectivity index (χ2v) is 6.85. The van der Waals surface area contributed by atoms with Crippen LogP contribution in [0.2, 0.25) is 0 Å². The minimum Gasteiger partial charge on any atom is -0.367 e. The van der Waals surface area contributed by atoms with Gasteiger partial charge in [-0.1, -0.05) is 6.42 Å². The number of nitrogens with one attached hydrogen (secondary N) is 1. The van der Waals surface area contributed by atoms with Crippen LogP contribution in [0, 0.1) is 17.8 Å². The fourth-order valence-corrected chi connectivity index (χ4v) is 4.24. The Kier molecular flexibility index (Phi) is 2.75. The lowest BCUT2D eigenvalue weighted by Crippen LogP contribution is -2.30. The number of hydrogen-bond acceptors (Lipinski definition) is 3. The Morgan fingerprint density at radius 3 is 2.79 bits per heavy atom. The van der Waals surface area contributed by atoms with Crippen LogP contribution < -0.4 is 5.32 Å². The fraction of sp³-hybridized carbons (Fsp3) is 0.750. The highest BCUT2D eigenvalue weighted by Gasteiger charge is 2.41. The summed E-state index contributed by atoms with van der Waals surface area (Å²) in [5, 5.41) is 3.64. The summed E-state index contributed by atoms with van der Waals surface area (Å²) in [6, 6.07) is 2.58. The molecule has 4 rings (SSSR count). The summed E-state index contributed by atoms with van der Waals surface area (Å²) in [6.45, 7) is 2.34. The standard InChI is InChI=1S/C16H23N3/c1-10(14-9-11-2-3-13(14)8-11)18-15-6-7-17-16(19-15)12-4-5-12/h6-7,10-14H,2-5,8-9H2,1H3,(H,17,18,19)/t10-,11-,13-,14+/m0/s1. The van der Waals surface area contributed by atoms with E-state index in [1.807, 2.05) is 12.3 Å². The van der Waals surface area contributed by atoms with Crippen molar-refractivity contribution in [2.75, 3.05) is 5.32 Å². The van der Waals surface area contributed by atoms with Gasteiger partial charge in [-0.05, 0) is 62.8 Å². The highest BCUT2D eigenvalue weighted by molar-refractivity contribution is 5.35. The maximum atomic E-state index is 4.69. The molecule has 0 radical (unpaired) electrons. The molecule has 0 saturated heterocycles. The number of aromatic nitrogens is 2. The van der Waals surface area contributed by atoms with Crippen molar-refractivity contribution >= 4 is 5.82 Å². The van der Waals surface area contributed by atoms with Gasteiger partial charge in [0.15, 0.2) is 0 Å². The van der Waals surface area contributed by atoms with E-state index in [1.165, 1.54) is 38.5 Å². The van der Waals surface area contributed by atoms with Crippen LogP contribution in [0.5, 0.6) is 0 Å². The van der Waals surface area contributed by atoms with E-state index >= 15 is 0 Å². The number of nitrogens with zero attached hydrogens (tertiary/aromatic N) is 2. The number of fused-ring (bicyclic) bond motifs is 2. The average molecular weight is 257 g/mol. The summed E-state index contributed by atoms with van der Waals surface area (Å²) in [4.78, 5) is 9.08. The van der Waals surface area contributed by atoms with Crippen LogP contribution in [-0.2, 0) is 0 Å². The smallest absolute Gasteiger partial charge is 0.133 e. The van der Waals surface area contributed by atoms with Crippen molar-refractivity contribution in [1.29, 1.82) is 0 Å². The van der Waals surface area contributed by atoms with Crippen LogP contribution >= 0.6 is 0 Å². The first-order chi connectivity index (χ1) is 9.29. The number of rotatable bonds is 4. The van der Waals surface area contributed by atoms with Gasteiger partial charge in [-0.3, -0.25) is 0 Å². The molecule has 3 aliphatic carbocycles. The second kappa shape index (κ2) is 4.46. The first kappa shape index (κ1) is 11.7. The minimum atomic E-state index is 0.553. The molecular formula is C16H23N3. The molecule has 0 unspecified atom stereocenters. The topological polar surface area (TPSA) is 37.8 Å². The van der Waals surface area contributed by atoms with Crippen molar-refractivity contribution in [3.8, 4) is 0 Å². The zero-order valence-electron chi connectivity index (χ0n) is 11.7. The van der Waals surface area contributed by atoms with Crippen molar-refractivity contribution in [2.45, 2.75) is 57.4 Å². The molecule has 3 heteroatoms. The molecular weight excluding hydrogens is 234 g/mol. The normalized spacial score (nSPS) is 34.5. The molecule has 0 aliphatic heterocycles. The van der Waals surface area contributed by atoms with Gasteiger partial charge in [-0.2, -0.15) is 0 Å². The predicted octanol–water partition coefficient (Wildman–Crippen LogP) is 3.59. The van der Waals surface area contributed by atoms with E-state index in [1.54, 1.807) is 0 Å². The molecule has 0 aromatic carbocycles. The maximum absolute atomic E-state index is 4.69. The molecule has 3 nitrogen and oxygen atoms in total. The SMILES string of the molecule is C[C@H](Nc1ccnc(C2CC2)n1)[C@H]1C[C@H]2CC[C@H]1C2. The van der Waals surface area contributed by atoms with E-state index in [4.69, 9.17) is 0 Å². The molecule has 3 saturated carbocycles. The average Bonchev–Trinajstić information content (AvgIpc) is 3.07. The monoisotopic (exact) mass is 257 g/mol. The Balaban J connectivity index is 1.44. The Hall–Kier alpha value is -1.12. The van der Waals surface area contributed by atoms with Crippen molar-refractivity contribution in [3.05, 3.63) is 18.1 Å². The Morgan fingerprint density at radius 1 is 1.21 bits per heavy atom. The van der Waals surface area contributed by atoms with Crippen LogP contribution in [-0.4, -0.2) is 16.0 Å². The van der Waals surface area contributed by atoms with Gasteiger partial charge in [-0.25, -0.2) is 9.97 Å². The van der Waals surface area contributed by atoms with E-state index < -0.39 is 0 Å². The van der Waals surface area contributed by atoms with Crippen molar-refractivity contribution in [3.63, 3.8) is 0 Å². The maximum Gasteiger partial charge on any atom is 0.133 e. The zero-order chi connectivity index (χ0) is 12.8. The third-order valence-corrected chi connectivity index (χ3v) is 5.43. The molecule has 1 N–H and O–H groups in total. The van der Waals surface area contributed by atoms with Crippen molar-refractivity contribution in [2.24, 2.45) is 17.8 Å². The Labute approximate surface area is 115 Å². The lowest BCUT2D eigenvalue weighted by molar-refractivity contribution is 0.304. The highest BCUT2D eigenvalue weighted by atomic mass is 15.1. The van der Waals surface area contributed by atoms with Crippen LogP contribution in [0.15, 0.2) is 12.3 Å². The van der Waals surface area contributed by atoms with Gasteiger partial charge in [0.25, 0.3) is 0 Å². The van der Waals surface area contributed by atoms with Gasteiger partial charge in [-0.15, -0.1) is 0 Å². The minimum absolute atomic E-state index is 0.553. The van der Waals surface area contributed by atoms with E-state index in [-0.39, 0.29) is 0 Å². The van der Waals surface area contributed by atoms with Gasteiger partial charge >= 0.3 is 0 Å². The lowest BCUT2D eigenvalue weighted by Gasteiger charge is -2.28. The van der Waals surface area contributed by atoms with E-state index in [9.17, 15) is 0 Å². The molecule has 2 bridgehead atoms. The second-order valence-electron chi connectivity index (χ2n) is 6.85. The fourth-order valence-electron chi connectivity index (χ4n) is 4.24. The molecule has 1 aromatic rings. The first-order valence-electron chi connectivity index (χ1n) is 7.89. The predicted molar refractivity (Wildman–Crippen MR) is 76.0 cm³/mol. The van der Waals surface area contributed by atoms with Crippen molar-refractivity contribution in [1.82, 2.24) is 9.97 Å². The van der Waals surface area contributed by atoms with Gasteiger partial charge in [0.2, 0.25) is 0 Å². The lowest BCUT2D eigenvalue weighted by atomic mass is 9.84. The van der Waals surface area contributed by atoms with E-state index in [2.05, 4.69) is 22.2 Å². The first-order valence-corrected chi connectivity index (χ1v) is 7.89. The molecule has 0 spiro atoms. The van der Waals surface area contributed by atoms with Crippen LogP contribution in [0.4, 0.5) is 5.82 Å². The van der Waals surface area contributed by atoms with Crippen LogP contribution in [0.25, 0.3) is 0 Å². The van der Waals surface area contributed by atoms with E-state index in [0.717, 1.165) is 29.4 Å². The Bertz CT molecular complexity index is 469. The van der Waals surface area contributed by atoms with Gasteiger partial charge in [0.1, 0.15) is 11.6 Å². The zero-order valence-corrected chi connectivity index (χ0v) is 11.7. The molecule has 1 aromatic heterocycles. The third kappa shape index (κ3) is 2.24. The molecule has 102 valence electrons. The van der Waals surface area contributed by atoms with Gasteiger partial charge < -0.3 is 5.32 Å². The summed E-state index contributed by atoms with van der Waals surface area (Å²) in [5.74, 6) is 5.57. The quantitative estimate of drug-likeness (QED) is 0.895. The van der Waals surface area contributed by atoms with Gasteiger partial charge in [0, 0.05) is 18.2 Å². The largest absolute Gasteiger partial charge is 0.367 e. The summed E-state index contributed by atoms with van der Waals surface area (Å²) in [6.07, 6.45) is 10.3. The number of hydrogen-bond donors (Lipinski definition) is 1. The number of anilines is 1. The highest BCUT2D eigenvalue weighted by Crippen LogP contribution is 2.49. The van der Waals surface area contributed by atoms with Crippen LogP contribution in [0.3, 0.4) is 0 Å². The third-order valence-electron chi connectivity index (χ3n) is 5.43. The van der Waals surface area contributed by atoms with Crippen LogP contribution in [0.1, 0.15) is 57.2 Å². The van der Waals surface area contributed by atoms with Gasteiger partial charge in [0.05, 0.1) is 0 Å².